The molecule has 7 heteroatoms. The predicted molar refractivity (Wildman–Crippen MR) is 111 cm³/mol. The van der Waals surface area contributed by atoms with Gasteiger partial charge in [-0.15, -0.1) is 0 Å². The Kier molecular flexibility index (Phi) is 5.53. The van der Waals surface area contributed by atoms with Gasteiger partial charge in [0.2, 0.25) is 0 Å². The number of carbonyl (C=O) groups excluding carboxylic acids is 1. The molecule has 27 heavy (non-hydrogen) atoms. The lowest BCUT2D eigenvalue weighted by atomic mass is 10.1. The summed E-state index contributed by atoms with van der Waals surface area (Å²) >= 11 is 3.45. The zero-order chi connectivity index (χ0) is 19.6. The van der Waals surface area contributed by atoms with Crippen molar-refractivity contribution in [3.05, 3.63) is 65.7 Å². The monoisotopic (exact) mass is 447 g/mol. The molecule has 0 saturated heterocycles. The summed E-state index contributed by atoms with van der Waals surface area (Å²) in [5.74, 6) is 0.549. The first kappa shape index (κ1) is 19.4. The van der Waals surface area contributed by atoms with Crippen LogP contribution in [0.3, 0.4) is 0 Å². The van der Waals surface area contributed by atoms with Crippen LogP contribution < -0.4 is 9.04 Å². The molecule has 1 aliphatic heterocycles. The summed E-state index contributed by atoms with van der Waals surface area (Å²) in [6.07, 6.45) is 2.62. The zero-order valence-corrected chi connectivity index (χ0v) is 17.1. The lowest BCUT2D eigenvalue weighted by molar-refractivity contribution is -0.104. The second-order valence-electron chi connectivity index (χ2n) is 5.91. The molecular weight excluding hydrogens is 430 g/mol. The number of aldehydes is 1. The summed E-state index contributed by atoms with van der Waals surface area (Å²) in [7, 11) is -2.33. The molecule has 0 aromatic heterocycles. The van der Waals surface area contributed by atoms with Crippen molar-refractivity contribution in [2.75, 3.05) is 18.0 Å². The van der Waals surface area contributed by atoms with Crippen molar-refractivity contribution in [3.63, 3.8) is 0 Å². The van der Waals surface area contributed by atoms with Gasteiger partial charge in [0.1, 0.15) is 12.0 Å². The average Bonchev–Trinajstić information content (AvgIpc) is 2.84. The number of fused-ring (bicyclic) bond motifs is 1. The van der Waals surface area contributed by atoms with Crippen molar-refractivity contribution >= 4 is 48.5 Å². The SMILES string of the molecule is C=Cc1cc(S(=O)(=O)N2CCC(C=O)=C(Br)c3ccccc32)ccc1OC. The van der Waals surface area contributed by atoms with E-state index in [9.17, 15) is 13.2 Å². The number of ether oxygens (including phenoxy) is 1. The van der Waals surface area contributed by atoms with Gasteiger partial charge >= 0.3 is 0 Å². The van der Waals surface area contributed by atoms with Gasteiger partial charge in [-0.1, -0.05) is 30.9 Å². The van der Waals surface area contributed by atoms with E-state index in [1.54, 1.807) is 30.3 Å². The topological polar surface area (TPSA) is 63.7 Å². The molecule has 1 heterocycles. The Balaban J connectivity index is 2.15. The average molecular weight is 448 g/mol. The minimum Gasteiger partial charge on any atom is -0.496 e. The van der Waals surface area contributed by atoms with E-state index in [0.29, 0.717) is 39.0 Å². The van der Waals surface area contributed by atoms with Crippen LogP contribution in [0.4, 0.5) is 5.69 Å². The van der Waals surface area contributed by atoms with Crippen LogP contribution in [-0.4, -0.2) is 28.4 Å². The van der Waals surface area contributed by atoms with E-state index in [1.165, 1.54) is 23.5 Å². The Labute approximate surface area is 167 Å². The summed E-state index contributed by atoms with van der Waals surface area (Å²) in [6, 6.07) is 11.8. The highest BCUT2D eigenvalue weighted by Crippen LogP contribution is 2.39. The Morgan fingerprint density at radius 3 is 2.63 bits per heavy atom. The van der Waals surface area contributed by atoms with Gasteiger partial charge in [0, 0.05) is 27.7 Å². The molecule has 2 aromatic carbocycles. The van der Waals surface area contributed by atoms with Gasteiger partial charge in [-0.3, -0.25) is 9.10 Å². The molecule has 0 bridgehead atoms. The molecule has 0 radical (unpaired) electrons. The van der Waals surface area contributed by atoms with E-state index >= 15 is 0 Å². The van der Waals surface area contributed by atoms with Crippen LogP contribution in [0, 0.1) is 0 Å². The minimum atomic E-state index is -3.84. The standard InChI is InChI=1S/C20H18BrNO4S/c1-3-14-12-16(8-9-19(14)26-2)27(24,25)22-11-10-15(13-23)20(21)17-6-4-5-7-18(17)22/h3-9,12-13H,1,10-11H2,2H3. The number of halogens is 1. The van der Waals surface area contributed by atoms with Crippen molar-refractivity contribution in [1.29, 1.82) is 0 Å². The third kappa shape index (κ3) is 3.44. The number of para-hydroxylation sites is 1. The molecule has 0 aliphatic carbocycles. The fourth-order valence-corrected chi connectivity index (χ4v) is 5.17. The van der Waals surface area contributed by atoms with Crippen LogP contribution in [0.25, 0.3) is 10.6 Å². The Morgan fingerprint density at radius 1 is 1.22 bits per heavy atom. The molecule has 3 rings (SSSR count). The number of carbonyl (C=O) groups is 1. The van der Waals surface area contributed by atoms with Gasteiger partial charge in [-0.2, -0.15) is 0 Å². The largest absolute Gasteiger partial charge is 0.496 e. The van der Waals surface area contributed by atoms with Crippen molar-refractivity contribution in [2.45, 2.75) is 11.3 Å². The van der Waals surface area contributed by atoms with E-state index in [0.717, 1.165) is 6.29 Å². The lowest BCUT2D eigenvalue weighted by Crippen LogP contribution is -2.32. The quantitative estimate of drug-likeness (QED) is 0.642. The third-order valence-corrected chi connectivity index (χ3v) is 7.17. The van der Waals surface area contributed by atoms with Crippen molar-refractivity contribution in [1.82, 2.24) is 0 Å². The van der Waals surface area contributed by atoms with Gasteiger partial charge in [0.25, 0.3) is 10.0 Å². The van der Waals surface area contributed by atoms with Crippen LogP contribution in [0.2, 0.25) is 0 Å². The summed E-state index contributed by atoms with van der Waals surface area (Å²) in [6.45, 7) is 3.88. The number of hydrogen-bond acceptors (Lipinski definition) is 4. The highest BCUT2D eigenvalue weighted by molar-refractivity contribution is 9.15. The van der Waals surface area contributed by atoms with Crippen molar-refractivity contribution in [3.8, 4) is 5.75 Å². The molecule has 2 aromatic rings. The second kappa shape index (κ2) is 7.70. The number of nitrogens with zero attached hydrogens (tertiary/aromatic N) is 1. The Bertz CT molecular complexity index is 1040. The van der Waals surface area contributed by atoms with Crippen LogP contribution in [-0.2, 0) is 14.8 Å². The van der Waals surface area contributed by atoms with Gasteiger partial charge in [0.05, 0.1) is 17.7 Å². The first-order chi connectivity index (χ1) is 12.9. The van der Waals surface area contributed by atoms with E-state index in [1.807, 2.05) is 6.07 Å². The Hall–Kier alpha value is -2.38. The van der Waals surface area contributed by atoms with E-state index in [-0.39, 0.29) is 11.4 Å². The highest BCUT2D eigenvalue weighted by atomic mass is 79.9. The molecule has 0 spiro atoms. The first-order valence-corrected chi connectivity index (χ1v) is 10.4. The highest BCUT2D eigenvalue weighted by Gasteiger charge is 2.30. The van der Waals surface area contributed by atoms with Gasteiger partial charge in [0.15, 0.2) is 0 Å². The van der Waals surface area contributed by atoms with Crippen LogP contribution >= 0.6 is 15.9 Å². The van der Waals surface area contributed by atoms with Gasteiger partial charge in [-0.05, 0) is 46.6 Å². The van der Waals surface area contributed by atoms with Gasteiger partial charge < -0.3 is 4.74 Å². The molecule has 0 atom stereocenters. The zero-order valence-electron chi connectivity index (χ0n) is 14.7. The second-order valence-corrected chi connectivity index (χ2v) is 8.56. The minimum absolute atomic E-state index is 0.138. The number of anilines is 1. The number of methoxy groups -OCH3 is 1. The van der Waals surface area contributed by atoms with Crippen LogP contribution in [0.1, 0.15) is 17.5 Å². The molecular formula is C20H18BrNO4S. The van der Waals surface area contributed by atoms with E-state index in [4.69, 9.17) is 4.74 Å². The molecule has 1 aliphatic rings. The van der Waals surface area contributed by atoms with Gasteiger partial charge in [-0.25, -0.2) is 8.42 Å². The first-order valence-electron chi connectivity index (χ1n) is 8.20. The van der Waals surface area contributed by atoms with E-state index < -0.39 is 10.0 Å². The third-order valence-electron chi connectivity index (χ3n) is 4.43. The smallest absolute Gasteiger partial charge is 0.264 e. The maximum atomic E-state index is 13.4. The van der Waals surface area contributed by atoms with Crippen LogP contribution in [0.5, 0.6) is 5.75 Å². The maximum Gasteiger partial charge on any atom is 0.264 e. The van der Waals surface area contributed by atoms with Crippen molar-refractivity contribution < 1.29 is 17.9 Å². The Morgan fingerprint density at radius 2 is 1.96 bits per heavy atom. The molecule has 140 valence electrons. The number of rotatable bonds is 5. The van der Waals surface area contributed by atoms with E-state index in [2.05, 4.69) is 22.5 Å². The maximum absolute atomic E-state index is 13.4. The summed E-state index contributed by atoms with van der Waals surface area (Å²) in [5, 5.41) is 0. The number of sulfonamides is 1. The fraction of sp³-hybridized carbons (Fsp3) is 0.150. The van der Waals surface area contributed by atoms with Crippen molar-refractivity contribution in [2.24, 2.45) is 0 Å². The lowest BCUT2D eigenvalue weighted by Gasteiger charge is -2.25. The molecule has 0 amide bonds. The summed E-state index contributed by atoms with van der Waals surface area (Å²) < 4.78 is 34.0. The summed E-state index contributed by atoms with van der Waals surface area (Å²) in [4.78, 5) is 11.6. The molecule has 5 nitrogen and oxygen atoms in total. The normalized spacial score (nSPS) is 14.4. The van der Waals surface area contributed by atoms with Crippen LogP contribution in [0.15, 0.2) is 59.5 Å². The predicted octanol–water partition coefficient (Wildman–Crippen LogP) is 4.24. The number of hydrogen-bond donors (Lipinski definition) is 0. The summed E-state index contributed by atoms with van der Waals surface area (Å²) in [5.41, 5.74) is 2.31. The molecule has 0 unspecified atom stereocenters. The molecule has 0 saturated carbocycles. The fourth-order valence-electron chi connectivity index (χ4n) is 3.02. The number of benzene rings is 2. The molecule has 0 fully saturated rings. The molecule has 0 N–H and O–H groups in total.